The van der Waals surface area contributed by atoms with Gasteiger partial charge in [-0.3, -0.25) is 4.79 Å². The smallest absolute Gasteiger partial charge is 0.330 e. The van der Waals surface area contributed by atoms with Gasteiger partial charge in [0.1, 0.15) is 6.04 Å². The fourth-order valence-corrected chi connectivity index (χ4v) is 4.81. The highest BCUT2D eigenvalue weighted by Crippen LogP contribution is 2.36. The summed E-state index contributed by atoms with van der Waals surface area (Å²) < 4.78 is 5.42. The zero-order chi connectivity index (χ0) is 18.8. The molecule has 2 unspecified atom stereocenters. The molecule has 1 amide bonds. The molecule has 0 aliphatic carbocycles. The molecule has 0 saturated carbocycles. The van der Waals surface area contributed by atoms with Crippen LogP contribution in [0.2, 0.25) is 0 Å². The van der Waals surface area contributed by atoms with Crippen molar-refractivity contribution in [2.75, 3.05) is 5.75 Å². The van der Waals surface area contributed by atoms with E-state index < -0.39 is 6.04 Å². The van der Waals surface area contributed by atoms with E-state index in [0.717, 1.165) is 10.8 Å². The number of thioether (sulfide) groups is 1. The third-order valence-electron chi connectivity index (χ3n) is 4.48. The van der Waals surface area contributed by atoms with E-state index in [9.17, 15) is 9.59 Å². The van der Waals surface area contributed by atoms with Gasteiger partial charge in [-0.05, 0) is 36.6 Å². The first-order valence-electron chi connectivity index (χ1n) is 9.02. The molecule has 2 aromatic rings. The van der Waals surface area contributed by atoms with Crippen LogP contribution in [0.5, 0.6) is 0 Å². The highest BCUT2D eigenvalue weighted by molar-refractivity contribution is 8.00. The van der Waals surface area contributed by atoms with Crippen molar-refractivity contribution in [3.63, 3.8) is 0 Å². The minimum atomic E-state index is -0.540. The number of rotatable bonds is 4. The number of hydrogen-bond acceptors (Lipinski definition) is 4. The van der Waals surface area contributed by atoms with Gasteiger partial charge in [-0.2, -0.15) is 0 Å². The molecular formula is C21H25NO3S. The van der Waals surface area contributed by atoms with Crippen LogP contribution in [0.1, 0.15) is 38.1 Å². The first-order valence-corrected chi connectivity index (χ1v) is 10.1. The van der Waals surface area contributed by atoms with Gasteiger partial charge >= 0.3 is 5.97 Å². The maximum absolute atomic E-state index is 13.5. The van der Waals surface area contributed by atoms with E-state index in [1.54, 1.807) is 16.7 Å². The van der Waals surface area contributed by atoms with Crippen LogP contribution in [0.15, 0.2) is 42.5 Å². The largest absolute Gasteiger partial charge is 0.461 e. The lowest BCUT2D eigenvalue weighted by molar-refractivity contribution is -0.152. The summed E-state index contributed by atoms with van der Waals surface area (Å²) >= 11 is 1.65. The summed E-state index contributed by atoms with van der Waals surface area (Å²) in [5.74, 6) is 0.404. The van der Waals surface area contributed by atoms with Crippen molar-refractivity contribution in [3.8, 4) is 0 Å². The molecule has 1 saturated heterocycles. The average Bonchev–Trinajstić information content (AvgIpc) is 3.05. The van der Waals surface area contributed by atoms with Crippen LogP contribution in [0.25, 0.3) is 10.8 Å². The van der Waals surface area contributed by atoms with Crippen LogP contribution in [0, 0.1) is 5.92 Å². The highest BCUT2D eigenvalue weighted by Gasteiger charge is 2.44. The summed E-state index contributed by atoms with van der Waals surface area (Å²) in [5, 5.41) is 1.90. The number of benzene rings is 2. The molecular weight excluding hydrogens is 346 g/mol. The first-order chi connectivity index (χ1) is 12.4. The van der Waals surface area contributed by atoms with E-state index in [1.165, 1.54) is 0 Å². The summed E-state index contributed by atoms with van der Waals surface area (Å²) in [5.41, 5.74) is 0.638. The van der Waals surface area contributed by atoms with Crippen molar-refractivity contribution in [1.29, 1.82) is 0 Å². The number of hydrogen-bond donors (Lipinski definition) is 0. The van der Waals surface area contributed by atoms with Crippen LogP contribution < -0.4 is 0 Å². The predicted molar refractivity (Wildman–Crippen MR) is 106 cm³/mol. The Balaban J connectivity index is 2.00. The summed E-state index contributed by atoms with van der Waals surface area (Å²) in [6.07, 6.45) is -0.194. The lowest BCUT2D eigenvalue weighted by Crippen LogP contribution is -2.48. The van der Waals surface area contributed by atoms with Crippen LogP contribution in [-0.4, -0.2) is 40.0 Å². The monoisotopic (exact) mass is 371 g/mol. The highest BCUT2D eigenvalue weighted by atomic mass is 32.2. The van der Waals surface area contributed by atoms with E-state index in [2.05, 4.69) is 13.8 Å². The summed E-state index contributed by atoms with van der Waals surface area (Å²) in [4.78, 5) is 27.8. The van der Waals surface area contributed by atoms with Crippen molar-refractivity contribution >= 4 is 34.4 Å². The summed E-state index contributed by atoms with van der Waals surface area (Å²) in [6, 6.07) is 13.0. The van der Waals surface area contributed by atoms with Crippen molar-refractivity contribution in [3.05, 3.63) is 48.0 Å². The van der Waals surface area contributed by atoms with Gasteiger partial charge in [0.05, 0.1) is 11.5 Å². The lowest BCUT2D eigenvalue weighted by atomic mass is 10.0. The Bertz CT molecular complexity index is 813. The topological polar surface area (TPSA) is 46.6 Å². The van der Waals surface area contributed by atoms with Gasteiger partial charge in [0.15, 0.2) is 0 Å². The minimum absolute atomic E-state index is 0.0359. The SMILES string of the molecule is CC(C)OC(=O)C1CSC(C(C)C)N1C(=O)c1cccc2ccccc12. The number of carbonyl (C=O) groups is 2. The molecule has 1 heterocycles. The van der Waals surface area contributed by atoms with Gasteiger partial charge in [0.2, 0.25) is 0 Å². The predicted octanol–water partition coefficient (Wildman–Crippen LogP) is 4.33. The Labute approximate surface area is 158 Å². The van der Waals surface area contributed by atoms with Crippen LogP contribution in [0.3, 0.4) is 0 Å². The molecule has 138 valence electrons. The maximum atomic E-state index is 13.5. The number of ether oxygens (including phenoxy) is 1. The van der Waals surface area contributed by atoms with Gasteiger partial charge in [0, 0.05) is 11.3 Å². The average molecular weight is 372 g/mol. The number of amides is 1. The van der Waals surface area contributed by atoms with Crippen LogP contribution in [-0.2, 0) is 9.53 Å². The Kier molecular flexibility index (Phi) is 5.56. The fraction of sp³-hybridized carbons (Fsp3) is 0.429. The molecule has 1 aliphatic rings. The third-order valence-corrected chi connectivity index (χ3v) is 6.10. The van der Waals surface area contributed by atoms with Crippen molar-refractivity contribution < 1.29 is 14.3 Å². The van der Waals surface area contributed by atoms with Gasteiger partial charge in [-0.1, -0.05) is 50.2 Å². The molecule has 26 heavy (non-hydrogen) atoms. The summed E-state index contributed by atoms with van der Waals surface area (Å²) in [7, 11) is 0. The van der Waals surface area contributed by atoms with Crippen molar-refractivity contribution in [1.82, 2.24) is 4.90 Å². The molecule has 1 aliphatic heterocycles. The van der Waals surface area contributed by atoms with Crippen LogP contribution >= 0.6 is 11.8 Å². The standard InChI is InChI=1S/C21H25NO3S/c1-13(2)20-22(18(12-26-20)21(24)25-14(3)4)19(23)17-11-7-9-15-8-5-6-10-16(15)17/h5-11,13-14,18,20H,12H2,1-4H3. The lowest BCUT2D eigenvalue weighted by Gasteiger charge is -2.31. The second kappa shape index (κ2) is 7.70. The third kappa shape index (κ3) is 3.58. The van der Waals surface area contributed by atoms with Crippen LogP contribution in [0.4, 0.5) is 0 Å². The molecule has 1 fully saturated rings. The molecule has 2 atom stereocenters. The van der Waals surface area contributed by atoms with E-state index in [1.807, 2.05) is 56.3 Å². The Morgan fingerprint density at radius 3 is 2.46 bits per heavy atom. The van der Waals surface area contributed by atoms with Gasteiger partial charge in [-0.15, -0.1) is 11.8 Å². The number of fused-ring (bicyclic) bond motifs is 1. The molecule has 3 rings (SSSR count). The van der Waals surface area contributed by atoms with Crippen molar-refractivity contribution in [2.45, 2.75) is 45.2 Å². The Morgan fingerprint density at radius 2 is 1.77 bits per heavy atom. The number of nitrogens with zero attached hydrogens (tertiary/aromatic N) is 1. The maximum Gasteiger partial charge on any atom is 0.330 e. The number of esters is 1. The van der Waals surface area contributed by atoms with Gasteiger partial charge in [0.25, 0.3) is 5.91 Å². The fourth-order valence-electron chi connectivity index (χ4n) is 3.34. The van der Waals surface area contributed by atoms with E-state index in [4.69, 9.17) is 4.74 Å². The molecule has 0 N–H and O–H groups in total. The zero-order valence-corrected chi connectivity index (χ0v) is 16.5. The quantitative estimate of drug-likeness (QED) is 0.751. The number of carbonyl (C=O) groups excluding carboxylic acids is 2. The molecule has 0 bridgehead atoms. The summed E-state index contributed by atoms with van der Waals surface area (Å²) in [6.45, 7) is 7.82. The molecule has 5 heteroatoms. The molecule has 4 nitrogen and oxygen atoms in total. The van der Waals surface area contributed by atoms with E-state index >= 15 is 0 Å². The minimum Gasteiger partial charge on any atom is -0.461 e. The Hall–Kier alpha value is -2.01. The normalized spacial score (nSPS) is 20.2. The van der Waals surface area contributed by atoms with Crippen molar-refractivity contribution in [2.24, 2.45) is 5.92 Å². The van der Waals surface area contributed by atoms with E-state index in [0.29, 0.717) is 11.3 Å². The molecule has 0 radical (unpaired) electrons. The van der Waals surface area contributed by atoms with E-state index in [-0.39, 0.29) is 29.3 Å². The molecule has 0 spiro atoms. The zero-order valence-electron chi connectivity index (χ0n) is 15.6. The molecule has 2 aromatic carbocycles. The van der Waals surface area contributed by atoms with Gasteiger partial charge in [-0.25, -0.2) is 4.79 Å². The second-order valence-electron chi connectivity index (χ2n) is 7.21. The first kappa shape index (κ1) is 18.8. The molecule has 0 aromatic heterocycles. The Morgan fingerprint density at radius 1 is 1.08 bits per heavy atom. The van der Waals surface area contributed by atoms with Gasteiger partial charge < -0.3 is 9.64 Å². The second-order valence-corrected chi connectivity index (χ2v) is 8.36.